The molecule has 1 aliphatic rings. The van der Waals surface area contributed by atoms with Crippen LogP contribution in [0.5, 0.6) is 0 Å². The summed E-state index contributed by atoms with van der Waals surface area (Å²) in [5, 5.41) is 1.14. The molecule has 0 spiro atoms. The first-order valence-corrected chi connectivity index (χ1v) is 6.82. The highest BCUT2D eigenvalue weighted by molar-refractivity contribution is 5.78. The van der Waals surface area contributed by atoms with Crippen LogP contribution in [0.1, 0.15) is 30.2 Å². The second-order valence-electron chi connectivity index (χ2n) is 5.28. The summed E-state index contributed by atoms with van der Waals surface area (Å²) in [5.74, 6) is 7.14. The highest BCUT2D eigenvalue weighted by atomic mass is 16.5. The molecule has 1 aromatic heterocycles. The van der Waals surface area contributed by atoms with E-state index in [1.165, 1.54) is 5.56 Å². The lowest BCUT2D eigenvalue weighted by molar-refractivity contribution is 0.0509. The van der Waals surface area contributed by atoms with Crippen LogP contribution in [-0.4, -0.2) is 13.2 Å². The van der Waals surface area contributed by atoms with E-state index in [9.17, 15) is 0 Å². The Kier molecular flexibility index (Phi) is 3.55. The minimum absolute atomic E-state index is 0.0663. The van der Waals surface area contributed by atoms with Gasteiger partial charge in [-0.25, -0.2) is 5.43 Å². The average molecular weight is 260 g/mol. The van der Waals surface area contributed by atoms with Gasteiger partial charge in [-0.3, -0.25) is 5.84 Å². The second kappa shape index (κ2) is 5.33. The first kappa shape index (κ1) is 12.7. The number of furan rings is 1. The van der Waals surface area contributed by atoms with Gasteiger partial charge in [-0.05, 0) is 43.9 Å². The van der Waals surface area contributed by atoms with Gasteiger partial charge in [0.2, 0.25) is 0 Å². The predicted molar refractivity (Wildman–Crippen MR) is 74.6 cm³/mol. The molecule has 1 aromatic carbocycles. The number of aryl methyl sites for hydroxylation is 1. The van der Waals surface area contributed by atoms with Gasteiger partial charge in [0.1, 0.15) is 11.3 Å². The highest BCUT2D eigenvalue weighted by Gasteiger charge is 2.27. The summed E-state index contributed by atoms with van der Waals surface area (Å²) in [6.45, 7) is 3.70. The van der Waals surface area contributed by atoms with E-state index in [-0.39, 0.29) is 6.04 Å². The zero-order valence-corrected chi connectivity index (χ0v) is 11.2. The van der Waals surface area contributed by atoms with Gasteiger partial charge in [-0.15, -0.1) is 0 Å². The Hall–Kier alpha value is -1.36. The van der Waals surface area contributed by atoms with E-state index >= 15 is 0 Å². The maximum atomic E-state index is 5.95. The molecule has 102 valence electrons. The molecule has 1 fully saturated rings. The van der Waals surface area contributed by atoms with Gasteiger partial charge in [0, 0.05) is 18.6 Å². The molecule has 1 atom stereocenters. The van der Waals surface area contributed by atoms with Gasteiger partial charge >= 0.3 is 0 Å². The Morgan fingerprint density at radius 3 is 2.79 bits per heavy atom. The Bertz CT molecular complexity index is 558. The van der Waals surface area contributed by atoms with Crippen molar-refractivity contribution in [1.82, 2.24) is 5.43 Å². The van der Waals surface area contributed by atoms with E-state index in [1.54, 1.807) is 0 Å². The molecule has 19 heavy (non-hydrogen) atoms. The fourth-order valence-corrected chi connectivity index (χ4v) is 2.84. The highest BCUT2D eigenvalue weighted by Crippen LogP contribution is 2.33. The molecular formula is C15H20N2O2. The summed E-state index contributed by atoms with van der Waals surface area (Å²) in [7, 11) is 0. The molecule has 0 radical (unpaired) electrons. The number of nitrogens with one attached hydrogen (secondary N) is 1. The van der Waals surface area contributed by atoms with Crippen LogP contribution < -0.4 is 11.3 Å². The molecule has 0 aliphatic carbocycles. The molecule has 1 unspecified atom stereocenters. The molecular weight excluding hydrogens is 240 g/mol. The molecule has 1 saturated heterocycles. The van der Waals surface area contributed by atoms with Gasteiger partial charge in [-0.2, -0.15) is 0 Å². The second-order valence-corrected chi connectivity index (χ2v) is 5.28. The van der Waals surface area contributed by atoms with E-state index in [0.29, 0.717) is 5.92 Å². The predicted octanol–water partition coefficient (Wildman–Crippen LogP) is 2.67. The third-order valence-corrected chi connectivity index (χ3v) is 3.91. The molecule has 0 amide bonds. The first-order valence-electron chi connectivity index (χ1n) is 6.82. The molecule has 2 aromatic rings. The van der Waals surface area contributed by atoms with Crippen LogP contribution in [0.15, 0.2) is 28.7 Å². The standard InChI is InChI=1S/C15H20N2O2/c1-10-2-3-13-12(8-10)9-14(19-13)15(17-16)11-4-6-18-7-5-11/h2-3,8-9,11,15,17H,4-7,16H2,1H3. The first-order chi connectivity index (χ1) is 9.28. The lowest BCUT2D eigenvalue weighted by Crippen LogP contribution is -2.35. The normalized spacial score (nSPS) is 18.8. The molecule has 3 rings (SSSR count). The van der Waals surface area contributed by atoms with Gasteiger partial charge in [0.05, 0.1) is 6.04 Å². The Balaban J connectivity index is 1.91. The summed E-state index contributed by atoms with van der Waals surface area (Å²) < 4.78 is 11.4. The van der Waals surface area contributed by atoms with E-state index in [2.05, 4.69) is 30.5 Å². The van der Waals surface area contributed by atoms with Crippen LogP contribution in [0, 0.1) is 12.8 Å². The quantitative estimate of drug-likeness (QED) is 0.658. The Morgan fingerprint density at radius 2 is 2.05 bits per heavy atom. The molecule has 0 saturated carbocycles. The van der Waals surface area contributed by atoms with Crippen molar-refractivity contribution in [2.45, 2.75) is 25.8 Å². The monoisotopic (exact) mass is 260 g/mol. The van der Waals surface area contributed by atoms with Crippen molar-refractivity contribution in [1.29, 1.82) is 0 Å². The Labute approximate surface area is 112 Å². The van der Waals surface area contributed by atoms with Crippen molar-refractivity contribution in [2.24, 2.45) is 11.8 Å². The van der Waals surface area contributed by atoms with Crippen molar-refractivity contribution in [2.75, 3.05) is 13.2 Å². The van der Waals surface area contributed by atoms with E-state index in [4.69, 9.17) is 15.0 Å². The minimum atomic E-state index is 0.0663. The van der Waals surface area contributed by atoms with Crippen molar-refractivity contribution in [3.8, 4) is 0 Å². The number of ether oxygens (including phenoxy) is 1. The van der Waals surface area contributed by atoms with Crippen LogP contribution in [0.25, 0.3) is 11.0 Å². The van der Waals surface area contributed by atoms with Crippen molar-refractivity contribution < 1.29 is 9.15 Å². The number of fused-ring (bicyclic) bond motifs is 1. The van der Waals surface area contributed by atoms with Gasteiger partial charge < -0.3 is 9.15 Å². The molecule has 4 nitrogen and oxygen atoms in total. The molecule has 3 N–H and O–H groups in total. The summed E-state index contributed by atoms with van der Waals surface area (Å²) in [6.07, 6.45) is 2.04. The number of hydrogen-bond donors (Lipinski definition) is 2. The summed E-state index contributed by atoms with van der Waals surface area (Å²) in [5.41, 5.74) is 5.08. The van der Waals surface area contributed by atoms with Gasteiger partial charge in [0.15, 0.2) is 0 Å². The fourth-order valence-electron chi connectivity index (χ4n) is 2.84. The van der Waals surface area contributed by atoms with Gasteiger partial charge in [-0.1, -0.05) is 11.6 Å². The summed E-state index contributed by atoms with van der Waals surface area (Å²) in [4.78, 5) is 0. The van der Waals surface area contributed by atoms with Gasteiger partial charge in [0.25, 0.3) is 0 Å². The van der Waals surface area contributed by atoms with Crippen molar-refractivity contribution >= 4 is 11.0 Å². The van der Waals surface area contributed by atoms with Crippen LogP contribution >= 0.6 is 0 Å². The van der Waals surface area contributed by atoms with Crippen LogP contribution in [0.2, 0.25) is 0 Å². The molecule has 4 heteroatoms. The van der Waals surface area contributed by atoms with Crippen LogP contribution in [0.3, 0.4) is 0 Å². The minimum Gasteiger partial charge on any atom is -0.459 e. The topological polar surface area (TPSA) is 60.4 Å². The largest absolute Gasteiger partial charge is 0.459 e. The number of benzene rings is 1. The van der Waals surface area contributed by atoms with E-state index in [1.807, 2.05) is 6.07 Å². The van der Waals surface area contributed by atoms with Crippen molar-refractivity contribution in [3.63, 3.8) is 0 Å². The zero-order chi connectivity index (χ0) is 13.2. The van der Waals surface area contributed by atoms with Crippen LogP contribution in [0.4, 0.5) is 0 Å². The number of hydrazine groups is 1. The Morgan fingerprint density at radius 1 is 1.26 bits per heavy atom. The third-order valence-electron chi connectivity index (χ3n) is 3.91. The molecule has 0 bridgehead atoms. The maximum Gasteiger partial charge on any atom is 0.134 e. The summed E-state index contributed by atoms with van der Waals surface area (Å²) >= 11 is 0. The van der Waals surface area contributed by atoms with E-state index in [0.717, 1.165) is 42.8 Å². The number of hydrogen-bond acceptors (Lipinski definition) is 4. The molecule has 2 heterocycles. The lowest BCUT2D eigenvalue weighted by Gasteiger charge is -2.28. The molecule has 1 aliphatic heterocycles. The maximum absolute atomic E-state index is 5.95. The lowest BCUT2D eigenvalue weighted by atomic mass is 9.90. The third kappa shape index (κ3) is 2.52. The number of nitrogens with two attached hydrogens (primary N) is 1. The van der Waals surface area contributed by atoms with E-state index < -0.39 is 0 Å². The van der Waals surface area contributed by atoms with Crippen LogP contribution in [-0.2, 0) is 4.74 Å². The van der Waals surface area contributed by atoms with Crippen molar-refractivity contribution in [3.05, 3.63) is 35.6 Å². The number of rotatable bonds is 3. The smallest absolute Gasteiger partial charge is 0.134 e. The zero-order valence-electron chi connectivity index (χ0n) is 11.2. The fraction of sp³-hybridized carbons (Fsp3) is 0.467. The SMILES string of the molecule is Cc1ccc2oc(C(NN)C3CCOCC3)cc2c1. The summed E-state index contributed by atoms with van der Waals surface area (Å²) in [6, 6.07) is 8.39. The average Bonchev–Trinajstić information content (AvgIpc) is 2.83.